The lowest BCUT2D eigenvalue weighted by Gasteiger charge is -2.07. The van der Waals surface area contributed by atoms with E-state index in [2.05, 4.69) is 0 Å². The van der Waals surface area contributed by atoms with Gasteiger partial charge in [-0.1, -0.05) is 6.07 Å². The fourth-order valence-corrected chi connectivity index (χ4v) is 2.14. The number of hydrogen-bond acceptors (Lipinski definition) is 3. The summed E-state index contributed by atoms with van der Waals surface area (Å²) in [6, 6.07) is 4.26. The van der Waals surface area contributed by atoms with Gasteiger partial charge in [-0.2, -0.15) is 13.2 Å². The number of hydrogen-bond donors (Lipinski definition) is 0. The highest BCUT2D eigenvalue weighted by molar-refractivity contribution is 7.03. The van der Waals surface area contributed by atoms with Gasteiger partial charge in [0.25, 0.3) is 0 Å². The average Bonchev–Trinajstić information content (AvgIpc) is 2.56. The van der Waals surface area contributed by atoms with Gasteiger partial charge in [-0.25, -0.2) is 8.75 Å². The van der Waals surface area contributed by atoms with Crippen LogP contribution in [0.5, 0.6) is 0 Å². The van der Waals surface area contributed by atoms with Crippen molar-refractivity contribution < 1.29 is 13.2 Å². The van der Waals surface area contributed by atoms with Crippen molar-refractivity contribution in [1.82, 2.24) is 8.52 Å². The molecule has 2 aromatic rings. The summed E-state index contributed by atoms with van der Waals surface area (Å²) in [5.41, 5.74) is -1.50. The molecule has 1 aromatic carbocycles. The van der Waals surface area contributed by atoms with Crippen molar-refractivity contribution in [3.05, 3.63) is 50.0 Å². The minimum atomic E-state index is -4.49. The van der Waals surface area contributed by atoms with Crippen LogP contribution in [0.15, 0.2) is 33.9 Å². The highest BCUT2D eigenvalue weighted by atomic mass is 32.1. The predicted octanol–water partition coefficient (Wildman–Crippen LogP) is 1.62. The average molecular weight is 276 g/mol. The van der Waals surface area contributed by atoms with E-state index in [1.165, 1.54) is 19.2 Å². The van der Waals surface area contributed by atoms with Crippen molar-refractivity contribution in [3.8, 4) is 5.69 Å². The number of benzene rings is 1. The maximum Gasteiger partial charge on any atom is 0.416 e. The molecule has 0 spiro atoms. The second-order valence-corrected chi connectivity index (χ2v) is 4.44. The molecule has 0 aliphatic heterocycles. The second kappa shape index (κ2) is 4.13. The lowest BCUT2D eigenvalue weighted by molar-refractivity contribution is -0.137. The summed E-state index contributed by atoms with van der Waals surface area (Å²) >= 11 is 0.558. The lowest BCUT2D eigenvalue weighted by Crippen LogP contribution is -2.25. The summed E-state index contributed by atoms with van der Waals surface area (Å²) in [7, 11) is 1.27. The van der Waals surface area contributed by atoms with Crippen LogP contribution in [-0.2, 0) is 13.2 Å². The molecule has 8 heteroatoms. The molecule has 0 radical (unpaired) electrons. The van der Waals surface area contributed by atoms with Crippen molar-refractivity contribution in [2.75, 3.05) is 0 Å². The maximum atomic E-state index is 12.5. The molecule has 2 rings (SSSR count). The molecule has 0 saturated heterocycles. The number of rotatable bonds is 1. The fourth-order valence-electron chi connectivity index (χ4n) is 1.36. The first-order chi connectivity index (χ1) is 8.30. The monoisotopic (exact) mass is 276 g/mol. The summed E-state index contributed by atoms with van der Waals surface area (Å²) in [4.78, 5) is 22.3. The second-order valence-electron chi connectivity index (χ2n) is 3.54. The summed E-state index contributed by atoms with van der Waals surface area (Å²) in [6.45, 7) is 0. The van der Waals surface area contributed by atoms with Crippen LogP contribution in [0.2, 0.25) is 0 Å². The van der Waals surface area contributed by atoms with Crippen LogP contribution in [-0.4, -0.2) is 8.52 Å². The van der Waals surface area contributed by atoms with Crippen molar-refractivity contribution in [3.63, 3.8) is 0 Å². The molecular weight excluding hydrogens is 269 g/mol. The fraction of sp³-hybridized carbons (Fsp3) is 0.200. The molecule has 0 aliphatic rings. The van der Waals surface area contributed by atoms with Crippen LogP contribution in [0.1, 0.15) is 5.56 Å². The molecular formula is C10H7F3N2O2S. The quantitative estimate of drug-likeness (QED) is 0.794. The Kier molecular flexibility index (Phi) is 2.89. The zero-order valence-corrected chi connectivity index (χ0v) is 9.88. The molecule has 0 atom stereocenters. The normalized spacial score (nSPS) is 11.8. The Morgan fingerprint density at radius 1 is 1.22 bits per heavy atom. The van der Waals surface area contributed by atoms with Crippen LogP contribution in [0.25, 0.3) is 5.69 Å². The first kappa shape index (κ1) is 12.6. The topological polar surface area (TPSA) is 44.0 Å². The van der Waals surface area contributed by atoms with Crippen LogP contribution in [0.4, 0.5) is 13.2 Å². The Labute approximate surface area is 103 Å². The van der Waals surface area contributed by atoms with Crippen molar-refractivity contribution >= 4 is 11.5 Å². The van der Waals surface area contributed by atoms with E-state index in [4.69, 9.17) is 0 Å². The first-order valence-corrected chi connectivity index (χ1v) is 5.55. The third kappa shape index (κ3) is 2.10. The molecule has 0 aliphatic carbocycles. The van der Waals surface area contributed by atoms with Crippen molar-refractivity contribution in [2.45, 2.75) is 6.18 Å². The molecule has 4 nitrogen and oxygen atoms in total. The molecule has 0 amide bonds. The number of nitrogens with zero attached hydrogens (tertiary/aromatic N) is 2. The van der Waals surface area contributed by atoms with Gasteiger partial charge in [0.15, 0.2) is 0 Å². The van der Waals surface area contributed by atoms with Gasteiger partial charge in [-0.3, -0.25) is 9.36 Å². The maximum absolute atomic E-state index is 12.5. The van der Waals surface area contributed by atoms with Gasteiger partial charge in [0, 0.05) is 18.6 Å². The van der Waals surface area contributed by atoms with Crippen LogP contribution in [0, 0.1) is 0 Å². The van der Waals surface area contributed by atoms with E-state index in [-0.39, 0.29) is 5.69 Å². The Morgan fingerprint density at radius 2 is 1.89 bits per heavy atom. The van der Waals surface area contributed by atoms with E-state index in [9.17, 15) is 22.8 Å². The van der Waals surface area contributed by atoms with Crippen LogP contribution < -0.4 is 10.6 Å². The summed E-state index contributed by atoms with van der Waals surface area (Å²) < 4.78 is 39.3. The van der Waals surface area contributed by atoms with E-state index < -0.39 is 22.3 Å². The van der Waals surface area contributed by atoms with Gasteiger partial charge >= 0.3 is 16.7 Å². The first-order valence-electron chi connectivity index (χ1n) is 4.77. The van der Waals surface area contributed by atoms with E-state index >= 15 is 0 Å². The van der Waals surface area contributed by atoms with Gasteiger partial charge in [-0.15, -0.1) is 0 Å². The van der Waals surface area contributed by atoms with Gasteiger partial charge in [0.1, 0.15) is 0 Å². The molecule has 0 bridgehead atoms. The van der Waals surface area contributed by atoms with E-state index in [1.807, 2.05) is 0 Å². The zero-order valence-electron chi connectivity index (χ0n) is 9.06. The lowest BCUT2D eigenvalue weighted by atomic mass is 10.2. The smallest absolute Gasteiger partial charge is 0.255 e. The van der Waals surface area contributed by atoms with E-state index in [0.29, 0.717) is 11.5 Å². The van der Waals surface area contributed by atoms with Crippen molar-refractivity contribution in [2.24, 2.45) is 7.05 Å². The Hall–Kier alpha value is -1.83. The highest BCUT2D eigenvalue weighted by Crippen LogP contribution is 2.30. The Balaban J connectivity index is 2.62. The molecule has 1 aromatic heterocycles. The zero-order chi connectivity index (χ0) is 13.5. The number of aromatic nitrogens is 2. The van der Waals surface area contributed by atoms with Crippen LogP contribution >= 0.6 is 11.5 Å². The number of alkyl halides is 3. The third-order valence-corrected chi connectivity index (χ3v) is 3.29. The summed E-state index contributed by atoms with van der Waals surface area (Å²) in [6.07, 6.45) is -4.49. The van der Waals surface area contributed by atoms with Gasteiger partial charge in [0.05, 0.1) is 11.3 Å². The SMILES string of the molecule is Cn1c(=O)sn(-c2cccc(C(F)(F)F)c2)c1=O. The van der Waals surface area contributed by atoms with E-state index in [1.54, 1.807) is 0 Å². The summed E-state index contributed by atoms with van der Waals surface area (Å²) in [5.74, 6) is 0. The number of halogens is 3. The Morgan fingerprint density at radius 3 is 2.39 bits per heavy atom. The predicted molar refractivity (Wildman–Crippen MR) is 60.2 cm³/mol. The largest absolute Gasteiger partial charge is 0.416 e. The van der Waals surface area contributed by atoms with Gasteiger partial charge < -0.3 is 0 Å². The molecule has 18 heavy (non-hydrogen) atoms. The Bertz CT molecular complexity index is 696. The standard InChI is InChI=1S/C10H7F3N2O2S/c1-14-8(16)15(18-9(14)17)7-4-2-3-6(5-7)10(11,12)13/h2-5H,1H3. The molecule has 96 valence electrons. The van der Waals surface area contributed by atoms with Crippen LogP contribution in [0.3, 0.4) is 0 Å². The minimum absolute atomic E-state index is 0.0255. The molecule has 0 N–H and O–H groups in total. The van der Waals surface area contributed by atoms with Gasteiger partial charge in [0.2, 0.25) is 0 Å². The minimum Gasteiger partial charge on any atom is -0.255 e. The molecule has 1 heterocycles. The molecule has 0 fully saturated rings. The van der Waals surface area contributed by atoms with Crippen molar-refractivity contribution in [1.29, 1.82) is 0 Å². The molecule has 0 saturated carbocycles. The highest BCUT2D eigenvalue weighted by Gasteiger charge is 2.30. The summed E-state index contributed by atoms with van der Waals surface area (Å²) in [5, 5.41) is 0. The van der Waals surface area contributed by atoms with Gasteiger partial charge in [-0.05, 0) is 18.2 Å². The third-order valence-electron chi connectivity index (χ3n) is 2.31. The van der Waals surface area contributed by atoms with E-state index in [0.717, 1.165) is 20.7 Å². The molecule has 0 unspecified atom stereocenters.